The molecular formula is C13H17N3O3. The molecule has 19 heavy (non-hydrogen) atoms. The van der Waals surface area contributed by atoms with Gasteiger partial charge < -0.3 is 15.3 Å². The first kappa shape index (κ1) is 13.3. The number of carbonyl (C=O) groups excluding carboxylic acids is 1. The minimum absolute atomic E-state index is 0.00300. The first-order valence-electron chi connectivity index (χ1n) is 6.34. The van der Waals surface area contributed by atoms with Gasteiger partial charge in [0.1, 0.15) is 5.69 Å². The van der Waals surface area contributed by atoms with Gasteiger partial charge in [-0.3, -0.25) is 0 Å². The van der Waals surface area contributed by atoms with E-state index >= 15 is 0 Å². The molecule has 0 atom stereocenters. The van der Waals surface area contributed by atoms with Crippen molar-refractivity contribution in [2.45, 2.75) is 32.4 Å². The zero-order chi connectivity index (χ0) is 13.8. The number of aromatic nitrogens is 1. The van der Waals surface area contributed by atoms with Crippen molar-refractivity contribution in [1.29, 1.82) is 0 Å². The van der Waals surface area contributed by atoms with Crippen LogP contribution < -0.4 is 5.32 Å². The van der Waals surface area contributed by atoms with Crippen molar-refractivity contribution in [3.8, 4) is 0 Å². The van der Waals surface area contributed by atoms with E-state index in [9.17, 15) is 9.59 Å². The predicted molar refractivity (Wildman–Crippen MR) is 68.8 cm³/mol. The highest BCUT2D eigenvalue weighted by Gasteiger charge is 2.31. The number of rotatable bonds is 5. The fourth-order valence-electron chi connectivity index (χ4n) is 1.89. The van der Waals surface area contributed by atoms with Crippen LogP contribution in [0.2, 0.25) is 0 Å². The Bertz CT molecular complexity index is 469. The van der Waals surface area contributed by atoms with Crippen LogP contribution >= 0.6 is 0 Å². The van der Waals surface area contributed by atoms with Crippen LogP contribution in [0.4, 0.5) is 4.79 Å². The van der Waals surface area contributed by atoms with Gasteiger partial charge in [-0.2, -0.15) is 0 Å². The van der Waals surface area contributed by atoms with E-state index in [0.29, 0.717) is 19.1 Å². The van der Waals surface area contributed by atoms with Crippen LogP contribution in [0, 0.1) is 0 Å². The standard InChI is InChI=1S/C13H17N3O3/c1-2-16(10-4-5-10)13(19)15-8-9-3-6-11(12(17)18)14-7-9/h3,6-7,10H,2,4-5,8H2,1H3,(H,15,19)(H,17,18). The summed E-state index contributed by atoms with van der Waals surface area (Å²) in [6, 6.07) is 3.40. The Morgan fingerprint density at radius 2 is 2.21 bits per heavy atom. The number of carboxylic acids is 1. The normalized spacial score (nSPS) is 13.9. The van der Waals surface area contributed by atoms with E-state index in [1.807, 2.05) is 11.8 Å². The van der Waals surface area contributed by atoms with Crippen LogP contribution in [0.5, 0.6) is 0 Å². The number of hydrogen-bond donors (Lipinski definition) is 2. The highest BCUT2D eigenvalue weighted by Crippen LogP contribution is 2.26. The third-order valence-corrected chi connectivity index (χ3v) is 3.08. The minimum atomic E-state index is -1.05. The van der Waals surface area contributed by atoms with Crippen LogP contribution in [0.3, 0.4) is 0 Å². The van der Waals surface area contributed by atoms with Gasteiger partial charge in [-0.15, -0.1) is 0 Å². The number of pyridine rings is 1. The molecule has 1 aromatic heterocycles. The first-order chi connectivity index (χ1) is 9.11. The maximum Gasteiger partial charge on any atom is 0.354 e. The molecule has 1 fully saturated rings. The lowest BCUT2D eigenvalue weighted by Gasteiger charge is -2.20. The Labute approximate surface area is 111 Å². The number of nitrogens with zero attached hydrogens (tertiary/aromatic N) is 2. The van der Waals surface area contributed by atoms with Crippen LogP contribution in [0.15, 0.2) is 18.3 Å². The van der Waals surface area contributed by atoms with Crippen LogP contribution in [0.25, 0.3) is 0 Å². The quantitative estimate of drug-likeness (QED) is 0.842. The molecule has 1 heterocycles. The number of carboxylic acid groups (broad SMARTS) is 1. The van der Waals surface area contributed by atoms with E-state index in [-0.39, 0.29) is 11.7 Å². The van der Waals surface area contributed by atoms with E-state index in [2.05, 4.69) is 10.3 Å². The zero-order valence-electron chi connectivity index (χ0n) is 10.8. The highest BCUT2D eigenvalue weighted by molar-refractivity contribution is 5.85. The summed E-state index contributed by atoms with van der Waals surface area (Å²) in [5.74, 6) is -1.05. The predicted octanol–water partition coefficient (Wildman–Crippen LogP) is 1.47. The molecule has 1 aliphatic carbocycles. The van der Waals surface area contributed by atoms with Crippen molar-refractivity contribution >= 4 is 12.0 Å². The van der Waals surface area contributed by atoms with E-state index in [1.165, 1.54) is 12.3 Å². The Hall–Kier alpha value is -2.11. The topological polar surface area (TPSA) is 82.5 Å². The second-order valence-electron chi connectivity index (χ2n) is 4.53. The van der Waals surface area contributed by atoms with E-state index in [4.69, 9.17) is 5.11 Å². The maximum atomic E-state index is 11.9. The SMILES string of the molecule is CCN(C(=O)NCc1ccc(C(=O)O)nc1)C1CC1. The van der Waals surface area contributed by atoms with Gasteiger partial charge in [0, 0.05) is 25.3 Å². The molecule has 1 aliphatic rings. The van der Waals surface area contributed by atoms with Crippen LogP contribution in [-0.2, 0) is 6.54 Å². The summed E-state index contributed by atoms with van der Waals surface area (Å²) < 4.78 is 0. The molecule has 0 saturated heterocycles. The van der Waals surface area contributed by atoms with Crippen molar-refractivity contribution in [3.05, 3.63) is 29.6 Å². The zero-order valence-corrected chi connectivity index (χ0v) is 10.8. The summed E-state index contributed by atoms with van der Waals surface area (Å²) in [7, 11) is 0. The number of aromatic carboxylic acids is 1. The third-order valence-electron chi connectivity index (χ3n) is 3.08. The van der Waals surface area contributed by atoms with E-state index in [1.54, 1.807) is 6.07 Å². The highest BCUT2D eigenvalue weighted by atomic mass is 16.4. The molecule has 2 N–H and O–H groups in total. The Kier molecular flexibility index (Phi) is 3.99. The van der Waals surface area contributed by atoms with Crippen molar-refractivity contribution in [2.75, 3.05) is 6.54 Å². The number of amides is 2. The van der Waals surface area contributed by atoms with Gasteiger partial charge in [0.25, 0.3) is 0 Å². The van der Waals surface area contributed by atoms with Crippen molar-refractivity contribution in [2.24, 2.45) is 0 Å². The van der Waals surface area contributed by atoms with Crippen molar-refractivity contribution in [3.63, 3.8) is 0 Å². The summed E-state index contributed by atoms with van der Waals surface area (Å²) in [5, 5.41) is 11.5. The maximum absolute atomic E-state index is 11.9. The number of carbonyl (C=O) groups is 2. The van der Waals surface area contributed by atoms with Crippen molar-refractivity contribution < 1.29 is 14.7 Å². The molecule has 6 nitrogen and oxygen atoms in total. The monoisotopic (exact) mass is 263 g/mol. The van der Waals surface area contributed by atoms with Crippen LogP contribution in [-0.4, -0.2) is 39.6 Å². The first-order valence-corrected chi connectivity index (χ1v) is 6.34. The molecule has 2 amide bonds. The molecular weight excluding hydrogens is 246 g/mol. The molecule has 0 radical (unpaired) electrons. The van der Waals surface area contributed by atoms with Gasteiger partial charge in [0.05, 0.1) is 0 Å². The lowest BCUT2D eigenvalue weighted by atomic mass is 10.2. The van der Waals surface area contributed by atoms with Gasteiger partial charge in [-0.25, -0.2) is 14.6 Å². The molecule has 0 aliphatic heterocycles. The molecule has 0 bridgehead atoms. The summed E-state index contributed by atoms with van der Waals surface area (Å²) in [6.07, 6.45) is 3.63. The van der Waals surface area contributed by atoms with Crippen molar-refractivity contribution in [1.82, 2.24) is 15.2 Å². The largest absolute Gasteiger partial charge is 0.477 e. The van der Waals surface area contributed by atoms with Gasteiger partial charge in [-0.1, -0.05) is 6.07 Å². The van der Waals surface area contributed by atoms with Crippen LogP contribution in [0.1, 0.15) is 35.8 Å². The average Bonchev–Trinajstić information content (AvgIpc) is 3.22. The van der Waals surface area contributed by atoms with E-state index < -0.39 is 5.97 Å². The Morgan fingerprint density at radius 3 is 2.68 bits per heavy atom. The molecule has 102 valence electrons. The third kappa shape index (κ3) is 3.43. The average molecular weight is 263 g/mol. The lowest BCUT2D eigenvalue weighted by molar-refractivity contribution is 0.0690. The Balaban J connectivity index is 1.87. The summed E-state index contributed by atoms with van der Waals surface area (Å²) in [5.41, 5.74) is 0.786. The lowest BCUT2D eigenvalue weighted by Crippen LogP contribution is -2.40. The Morgan fingerprint density at radius 1 is 1.47 bits per heavy atom. The minimum Gasteiger partial charge on any atom is -0.477 e. The smallest absolute Gasteiger partial charge is 0.354 e. The molecule has 2 rings (SSSR count). The van der Waals surface area contributed by atoms with Gasteiger partial charge >= 0.3 is 12.0 Å². The van der Waals surface area contributed by atoms with Gasteiger partial charge in [0.15, 0.2) is 0 Å². The second kappa shape index (κ2) is 5.69. The van der Waals surface area contributed by atoms with Gasteiger partial charge in [-0.05, 0) is 31.4 Å². The molecule has 0 unspecified atom stereocenters. The molecule has 1 aromatic rings. The van der Waals surface area contributed by atoms with E-state index in [0.717, 1.165) is 18.4 Å². The summed E-state index contributed by atoms with van der Waals surface area (Å²) in [4.78, 5) is 28.2. The molecule has 0 spiro atoms. The fraction of sp³-hybridized carbons (Fsp3) is 0.462. The summed E-state index contributed by atoms with van der Waals surface area (Å²) in [6.45, 7) is 3.02. The second-order valence-corrected chi connectivity index (χ2v) is 4.53. The molecule has 1 saturated carbocycles. The molecule has 0 aromatic carbocycles. The summed E-state index contributed by atoms with van der Waals surface area (Å²) >= 11 is 0. The number of nitrogens with one attached hydrogen (secondary N) is 1. The number of urea groups is 1. The fourth-order valence-corrected chi connectivity index (χ4v) is 1.89. The number of hydrogen-bond acceptors (Lipinski definition) is 3. The molecule has 6 heteroatoms. The van der Waals surface area contributed by atoms with Gasteiger partial charge in [0.2, 0.25) is 0 Å².